The molecule has 0 spiro atoms. The second-order valence-electron chi connectivity index (χ2n) is 12.1. The quantitative estimate of drug-likeness (QED) is 0.203. The van der Waals surface area contributed by atoms with Crippen LogP contribution in [-0.4, -0.2) is 3.92 Å². The number of hydrogen-bond acceptors (Lipinski definition) is 0. The molecular weight excluding hydrogens is 451 g/mol. The molecule has 0 radical (unpaired) electrons. The maximum Gasteiger partial charge on any atom is 0.0147 e. The summed E-state index contributed by atoms with van der Waals surface area (Å²) in [6, 6.07) is 0. The van der Waals surface area contributed by atoms with Gasteiger partial charge in [-0.2, -0.15) is 0 Å². The molecule has 0 N–H and O–H groups in total. The summed E-state index contributed by atoms with van der Waals surface area (Å²) in [4.78, 5) is 0. The summed E-state index contributed by atoms with van der Waals surface area (Å²) in [5.74, 6) is 5.79. The van der Waals surface area contributed by atoms with Crippen molar-refractivity contribution in [3.8, 4) is 0 Å². The van der Waals surface area contributed by atoms with E-state index in [1.165, 1.54) is 70.6 Å². The van der Waals surface area contributed by atoms with Crippen molar-refractivity contribution in [2.45, 2.75) is 109 Å². The normalized spacial score (nSPS) is 46.5. The molecule has 8 atom stereocenters. The molecule has 4 aliphatic rings. The van der Waals surface area contributed by atoms with E-state index in [4.69, 9.17) is 0 Å². The van der Waals surface area contributed by atoms with Gasteiger partial charge < -0.3 is 0 Å². The number of allylic oxidation sites excluding steroid dienone is 2. The van der Waals surface area contributed by atoms with Crippen molar-refractivity contribution in [3.05, 3.63) is 11.6 Å². The van der Waals surface area contributed by atoms with Crippen molar-refractivity contribution in [1.82, 2.24) is 0 Å². The van der Waals surface area contributed by atoms with E-state index in [0.29, 0.717) is 10.8 Å². The van der Waals surface area contributed by atoms with Gasteiger partial charge in [0.1, 0.15) is 0 Å². The van der Waals surface area contributed by atoms with E-state index >= 15 is 0 Å². The molecule has 0 saturated heterocycles. The van der Waals surface area contributed by atoms with Gasteiger partial charge in [-0.3, -0.25) is 0 Å². The lowest BCUT2D eigenvalue weighted by molar-refractivity contribution is -0.0495. The van der Waals surface area contributed by atoms with Crippen LogP contribution in [0.2, 0.25) is 0 Å². The van der Waals surface area contributed by atoms with Crippen LogP contribution in [0.3, 0.4) is 0 Å². The SMILES string of the molecule is CC(C)CCC[C@@H](C)C1CC[C@H]2[C@@H]3CC=C4C[C@@H](I)CC[C@]4(C)[C@H]3CC[C@]12C. The molecule has 1 unspecified atom stereocenters. The molecule has 28 heavy (non-hydrogen) atoms. The minimum atomic E-state index is 0.548. The fraction of sp³-hybridized carbons (Fsp3) is 0.926. The molecule has 0 aromatic heterocycles. The van der Waals surface area contributed by atoms with Gasteiger partial charge in [0.2, 0.25) is 0 Å². The molecule has 0 nitrogen and oxygen atoms in total. The van der Waals surface area contributed by atoms with E-state index in [0.717, 1.165) is 39.4 Å². The zero-order valence-corrected chi connectivity index (χ0v) is 21.4. The van der Waals surface area contributed by atoms with Crippen molar-refractivity contribution in [1.29, 1.82) is 0 Å². The minimum absolute atomic E-state index is 0.548. The lowest BCUT2D eigenvalue weighted by Gasteiger charge is -2.58. The summed E-state index contributed by atoms with van der Waals surface area (Å²) in [6.07, 6.45) is 18.9. The Hall–Kier alpha value is 0.470. The van der Waals surface area contributed by atoms with E-state index in [9.17, 15) is 0 Å². The molecule has 0 aromatic rings. The number of rotatable bonds is 5. The largest absolute Gasteiger partial charge is 0.0844 e. The summed E-state index contributed by atoms with van der Waals surface area (Å²) in [5.41, 5.74) is 3.05. The summed E-state index contributed by atoms with van der Waals surface area (Å²) in [7, 11) is 0. The molecule has 0 aromatic carbocycles. The highest BCUT2D eigenvalue weighted by Gasteiger charge is 2.58. The van der Waals surface area contributed by atoms with Crippen LogP contribution in [0.1, 0.15) is 105 Å². The third kappa shape index (κ3) is 3.66. The lowest BCUT2D eigenvalue weighted by atomic mass is 9.47. The van der Waals surface area contributed by atoms with Gasteiger partial charge in [0.25, 0.3) is 0 Å². The van der Waals surface area contributed by atoms with Gasteiger partial charge in [0, 0.05) is 3.92 Å². The van der Waals surface area contributed by atoms with E-state index < -0.39 is 0 Å². The number of alkyl halides is 1. The van der Waals surface area contributed by atoms with Crippen LogP contribution in [0.5, 0.6) is 0 Å². The predicted octanol–water partition coefficient (Wildman–Crippen LogP) is 8.83. The van der Waals surface area contributed by atoms with E-state index in [1.54, 1.807) is 0 Å². The van der Waals surface area contributed by atoms with Crippen LogP contribution >= 0.6 is 22.6 Å². The third-order valence-electron chi connectivity index (χ3n) is 10.2. The molecule has 160 valence electrons. The highest BCUT2D eigenvalue weighted by atomic mass is 127. The first-order valence-electron chi connectivity index (χ1n) is 12.6. The topological polar surface area (TPSA) is 0 Å². The molecule has 3 fully saturated rings. The van der Waals surface area contributed by atoms with Gasteiger partial charge in [0.05, 0.1) is 0 Å². The average Bonchev–Trinajstić information content (AvgIpc) is 2.99. The lowest BCUT2D eigenvalue weighted by Crippen LogP contribution is -2.50. The Morgan fingerprint density at radius 3 is 2.54 bits per heavy atom. The molecule has 3 saturated carbocycles. The fourth-order valence-electron chi connectivity index (χ4n) is 8.64. The Bertz CT molecular complexity index is 591. The Morgan fingerprint density at radius 2 is 1.79 bits per heavy atom. The predicted molar refractivity (Wildman–Crippen MR) is 131 cm³/mol. The highest BCUT2D eigenvalue weighted by molar-refractivity contribution is 14.1. The summed E-state index contributed by atoms with van der Waals surface area (Å²) < 4.78 is 0.893. The third-order valence-corrected chi connectivity index (χ3v) is 11.3. The van der Waals surface area contributed by atoms with Crippen molar-refractivity contribution >= 4 is 22.6 Å². The van der Waals surface area contributed by atoms with Crippen molar-refractivity contribution in [2.24, 2.45) is 46.3 Å². The zero-order valence-electron chi connectivity index (χ0n) is 19.3. The molecular formula is C27H45I. The molecule has 0 heterocycles. The minimum Gasteiger partial charge on any atom is -0.0844 e. The first-order chi connectivity index (χ1) is 13.3. The Labute approximate surface area is 189 Å². The Morgan fingerprint density at radius 1 is 1.00 bits per heavy atom. The van der Waals surface area contributed by atoms with E-state index in [1.807, 2.05) is 5.57 Å². The van der Waals surface area contributed by atoms with Gasteiger partial charge in [-0.05, 0) is 97.7 Å². The summed E-state index contributed by atoms with van der Waals surface area (Å²) >= 11 is 2.71. The van der Waals surface area contributed by atoms with Gasteiger partial charge in [-0.1, -0.05) is 88.1 Å². The van der Waals surface area contributed by atoms with Crippen LogP contribution in [0.4, 0.5) is 0 Å². The van der Waals surface area contributed by atoms with Gasteiger partial charge in [-0.25, -0.2) is 0 Å². The smallest absolute Gasteiger partial charge is 0.0147 e. The van der Waals surface area contributed by atoms with Crippen molar-refractivity contribution in [2.75, 3.05) is 0 Å². The monoisotopic (exact) mass is 496 g/mol. The molecule has 4 rings (SSSR count). The summed E-state index contributed by atoms with van der Waals surface area (Å²) in [6.45, 7) is 12.8. The first kappa shape index (κ1) is 21.7. The number of halogens is 1. The second kappa shape index (κ2) is 8.19. The van der Waals surface area contributed by atoms with Crippen molar-refractivity contribution in [3.63, 3.8) is 0 Å². The van der Waals surface area contributed by atoms with Gasteiger partial charge in [0.15, 0.2) is 0 Å². The van der Waals surface area contributed by atoms with Crippen LogP contribution in [0.15, 0.2) is 11.6 Å². The Balaban J connectivity index is 1.49. The molecule has 0 aliphatic heterocycles. The highest BCUT2D eigenvalue weighted by Crippen LogP contribution is 2.67. The van der Waals surface area contributed by atoms with Crippen molar-refractivity contribution < 1.29 is 0 Å². The van der Waals surface area contributed by atoms with Crippen LogP contribution < -0.4 is 0 Å². The van der Waals surface area contributed by atoms with Gasteiger partial charge >= 0.3 is 0 Å². The van der Waals surface area contributed by atoms with Crippen LogP contribution in [0.25, 0.3) is 0 Å². The molecule has 4 aliphatic carbocycles. The fourth-order valence-corrected chi connectivity index (χ4v) is 9.43. The standard InChI is InChI=1S/C27H45I/c1-18(2)7-6-8-19(3)23-11-12-24-22-10-9-20-17-21(28)13-15-26(20,4)25(22)14-16-27(23,24)5/h9,18-19,21-25H,6-8,10-17H2,1-5H3/t19-,21+,22+,23?,24+,25+,26+,27-/m1/s1. The zero-order chi connectivity index (χ0) is 20.1. The van der Waals surface area contributed by atoms with Crippen LogP contribution in [-0.2, 0) is 0 Å². The summed E-state index contributed by atoms with van der Waals surface area (Å²) in [5, 5.41) is 0. The van der Waals surface area contributed by atoms with Crippen LogP contribution in [0, 0.1) is 46.3 Å². The average molecular weight is 497 g/mol. The maximum atomic E-state index is 2.75. The molecule has 1 heteroatoms. The van der Waals surface area contributed by atoms with Gasteiger partial charge in [-0.15, -0.1) is 0 Å². The second-order valence-corrected chi connectivity index (χ2v) is 13.9. The molecule has 0 bridgehead atoms. The number of hydrogen-bond donors (Lipinski definition) is 0. The maximum absolute atomic E-state index is 2.75. The van der Waals surface area contributed by atoms with E-state index in [-0.39, 0.29) is 0 Å². The molecule has 0 amide bonds. The first-order valence-corrected chi connectivity index (χ1v) is 13.8. The Kier molecular flexibility index (Phi) is 6.35. The number of fused-ring (bicyclic) bond motifs is 5. The van der Waals surface area contributed by atoms with E-state index in [2.05, 4.69) is 63.3 Å².